The molecule has 130 valence electrons. The number of carbonyl (C=O) groups is 1. The van der Waals surface area contributed by atoms with Gasteiger partial charge < -0.3 is 15.5 Å². The highest BCUT2D eigenvalue weighted by atomic mass is 127. The number of nitrogens with zero attached hydrogens (tertiary/aromatic N) is 2. The Kier molecular flexibility index (Phi) is 9.54. The topological polar surface area (TPSA) is 56.7 Å². The molecule has 1 heterocycles. The second-order valence-corrected chi connectivity index (χ2v) is 6.70. The van der Waals surface area contributed by atoms with Gasteiger partial charge in [0, 0.05) is 20.1 Å². The maximum absolute atomic E-state index is 11.8. The molecule has 7 heteroatoms. The largest absolute Gasteiger partial charge is 0.354 e. The van der Waals surface area contributed by atoms with Crippen LogP contribution in [0.15, 0.2) is 21.8 Å². The summed E-state index contributed by atoms with van der Waals surface area (Å²) >= 11 is 1.68. The Hall–Kier alpha value is -0.830. The van der Waals surface area contributed by atoms with E-state index in [0.717, 1.165) is 5.96 Å². The van der Waals surface area contributed by atoms with Crippen LogP contribution in [0.3, 0.4) is 0 Å². The van der Waals surface area contributed by atoms with Crippen molar-refractivity contribution in [3.05, 3.63) is 22.4 Å². The normalized spacial score (nSPS) is 15.7. The highest BCUT2D eigenvalue weighted by molar-refractivity contribution is 14.0. The zero-order chi connectivity index (χ0) is 15.8. The summed E-state index contributed by atoms with van der Waals surface area (Å²) in [5.41, 5.74) is 1.20. The monoisotopic (exact) mass is 450 g/mol. The number of carbonyl (C=O) groups excluding carboxylic acids is 1. The highest BCUT2D eigenvalue weighted by Gasteiger charge is 2.15. The van der Waals surface area contributed by atoms with Crippen LogP contribution in [0.1, 0.15) is 37.7 Å². The molecule has 1 aliphatic rings. The van der Waals surface area contributed by atoms with Crippen molar-refractivity contribution in [2.24, 2.45) is 4.99 Å². The van der Waals surface area contributed by atoms with Gasteiger partial charge in [0.15, 0.2) is 5.96 Å². The minimum atomic E-state index is 0. The van der Waals surface area contributed by atoms with Crippen LogP contribution in [0, 0.1) is 0 Å². The van der Waals surface area contributed by atoms with Gasteiger partial charge in [-0.05, 0) is 35.2 Å². The molecule has 0 unspecified atom stereocenters. The molecule has 0 atom stereocenters. The lowest BCUT2D eigenvalue weighted by Crippen LogP contribution is -2.47. The maximum atomic E-state index is 11.8. The third-order valence-electron chi connectivity index (χ3n) is 3.85. The fourth-order valence-corrected chi connectivity index (χ4v) is 3.12. The van der Waals surface area contributed by atoms with Gasteiger partial charge in [-0.3, -0.25) is 4.79 Å². The van der Waals surface area contributed by atoms with Crippen LogP contribution < -0.4 is 10.6 Å². The molecule has 1 saturated carbocycles. The molecule has 1 aromatic heterocycles. The van der Waals surface area contributed by atoms with E-state index in [-0.39, 0.29) is 36.4 Å². The van der Waals surface area contributed by atoms with Gasteiger partial charge in [-0.15, -0.1) is 24.0 Å². The average molecular weight is 450 g/mol. The molecule has 1 amide bonds. The van der Waals surface area contributed by atoms with Crippen molar-refractivity contribution in [3.63, 3.8) is 0 Å². The van der Waals surface area contributed by atoms with Gasteiger partial charge >= 0.3 is 0 Å². The fraction of sp³-hybridized carbons (Fsp3) is 0.625. The number of hydrogen-bond donors (Lipinski definition) is 2. The first-order valence-corrected chi connectivity index (χ1v) is 8.85. The lowest BCUT2D eigenvalue weighted by molar-refractivity contribution is -0.127. The number of nitrogens with one attached hydrogen (secondary N) is 2. The Morgan fingerprint density at radius 3 is 2.70 bits per heavy atom. The van der Waals surface area contributed by atoms with Crippen LogP contribution in [0.2, 0.25) is 0 Å². The first-order chi connectivity index (χ1) is 10.6. The van der Waals surface area contributed by atoms with E-state index in [1.165, 1.54) is 37.7 Å². The summed E-state index contributed by atoms with van der Waals surface area (Å²) in [6, 6.07) is 2.55. The molecule has 0 aliphatic heterocycles. The molecule has 2 N–H and O–H groups in total. The summed E-state index contributed by atoms with van der Waals surface area (Å²) in [6.07, 6.45) is 6.23. The Morgan fingerprint density at radius 1 is 1.35 bits per heavy atom. The van der Waals surface area contributed by atoms with Crippen LogP contribution in [0.25, 0.3) is 0 Å². The molecule has 1 aliphatic carbocycles. The minimum Gasteiger partial charge on any atom is -0.354 e. The van der Waals surface area contributed by atoms with E-state index in [9.17, 15) is 4.79 Å². The number of guanidine groups is 1. The molecule has 0 spiro atoms. The molecule has 0 saturated heterocycles. The van der Waals surface area contributed by atoms with Gasteiger partial charge in [-0.2, -0.15) is 11.3 Å². The van der Waals surface area contributed by atoms with E-state index >= 15 is 0 Å². The molecule has 2 rings (SSSR count). The second-order valence-electron chi connectivity index (χ2n) is 5.92. The van der Waals surface area contributed by atoms with Crippen LogP contribution in [0.5, 0.6) is 0 Å². The van der Waals surface area contributed by atoms with E-state index in [1.54, 1.807) is 30.3 Å². The zero-order valence-electron chi connectivity index (χ0n) is 13.9. The lowest BCUT2D eigenvalue weighted by atomic mass is 9.96. The molecular formula is C16H27IN4OS. The Morgan fingerprint density at radius 2 is 2.09 bits per heavy atom. The minimum absolute atomic E-state index is 0. The summed E-state index contributed by atoms with van der Waals surface area (Å²) in [7, 11) is 3.53. The van der Waals surface area contributed by atoms with E-state index < -0.39 is 0 Å². The van der Waals surface area contributed by atoms with Gasteiger partial charge in [0.25, 0.3) is 0 Å². The van der Waals surface area contributed by atoms with Crippen LogP contribution in [-0.4, -0.2) is 43.4 Å². The maximum Gasteiger partial charge on any atom is 0.241 e. The van der Waals surface area contributed by atoms with Crippen LogP contribution >= 0.6 is 35.3 Å². The summed E-state index contributed by atoms with van der Waals surface area (Å²) in [6.45, 7) is 0.914. The molecule has 1 aromatic rings. The van der Waals surface area contributed by atoms with Crippen molar-refractivity contribution >= 4 is 47.2 Å². The summed E-state index contributed by atoms with van der Waals surface area (Å²) in [5, 5.41) is 10.8. The SMILES string of the molecule is CN(C)C(=O)CNC(=NCc1ccsc1)NC1CCCCC1.I. The Bertz CT molecular complexity index is 484. The van der Waals surface area contributed by atoms with Crippen molar-refractivity contribution in [3.8, 4) is 0 Å². The van der Waals surface area contributed by atoms with Crippen molar-refractivity contribution in [2.45, 2.75) is 44.7 Å². The number of rotatable bonds is 5. The van der Waals surface area contributed by atoms with Gasteiger partial charge in [0.2, 0.25) is 5.91 Å². The third kappa shape index (κ3) is 7.52. The van der Waals surface area contributed by atoms with E-state index in [2.05, 4.69) is 32.5 Å². The smallest absolute Gasteiger partial charge is 0.241 e. The number of amides is 1. The zero-order valence-corrected chi connectivity index (χ0v) is 17.0. The molecule has 0 radical (unpaired) electrons. The Balaban J connectivity index is 0.00000264. The molecule has 5 nitrogen and oxygen atoms in total. The highest BCUT2D eigenvalue weighted by Crippen LogP contribution is 2.17. The molecule has 23 heavy (non-hydrogen) atoms. The lowest BCUT2D eigenvalue weighted by Gasteiger charge is -2.25. The van der Waals surface area contributed by atoms with E-state index in [1.807, 2.05) is 0 Å². The van der Waals surface area contributed by atoms with Gasteiger partial charge in [0.1, 0.15) is 0 Å². The number of likely N-dealkylation sites (N-methyl/N-ethyl adjacent to an activating group) is 1. The van der Waals surface area contributed by atoms with Crippen molar-refractivity contribution < 1.29 is 4.79 Å². The van der Waals surface area contributed by atoms with Gasteiger partial charge in [0.05, 0.1) is 13.1 Å². The fourth-order valence-electron chi connectivity index (χ4n) is 2.46. The predicted molar refractivity (Wildman–Crippen MR) is 108 cm³/mol. The summed E-state index contributed by atoms with van der Waals surface area (Å²) < 4.78 is 0. The number of thiophene rings is 1. The average Bonchev–Trinajstić information content (AvgIpc) is 3.04. The third-order valence-corrected chi connectivity index (χ3v) is 4.58. The predicted octanol–water partition coefficient (Wildman–Crippen LogP) is 2.82. The van der Waals surface area contributed by atoms with Crippen LogP contribution in [0.4, 0.5) is 0 Å². The number of halogens is 1. The van der Waals surface area contributed by atoms with Gasteiger partial charge in [-0.25, -0.2) is 4.99 Å². The van der Waals surface area contributed by atoms with Crippen molar-refractivity contribution in [1.82, 2.24) is 15.5 Å². The first kappa shape index (κ1) is 20.2. The van der Waals surface area contributed by atoms with E-state index in [4.69, 9.17) is 0 Å². The van der Waals surface area contributed by atoms with Crippen LogP contribution in [-0.2, 0) is 11.3 Å². The molecule has 1 fully saturated rings. The summed E-state index contributed by atoms with van der Waals surface area (Å²) in [4.78, 5) is 18.0. The second kappa shape index (κ2) is 10.9. The van der Waals surface area contributed by atoms with Crippen molar-refractivity contribution in [2.75, 3.05) is 20.6 Å². The molecule has 0 aromatic carbocycles. The molecule has 0 bridgehead atoms. The Labute approximate surface area is 160 Å². The number of hydrogen-bond acceptors (Lipinski definition) is 3. The van der Waals surface area contributed by atoms with Crippen molar-refractivity contribution in [1.29, 1.82) is 0 Å². The van der Waals surface area contributed by atoms with Gasteiger partial charge in [-0.1, -0.05) is 19.3 Å². The standard InChI is InChI=1S/C16H26N4OS.HI/c1-20(2)15(21)11-18-16(17-10-13-8-9-22-12-13)19-14-6-4-3-5-7-14;/h8-9,12,14H,3-7,10-11H2,1-2H3,(H2,17,18,19);1H. The first-order valence-electron chi connectivity index (χ1n) is 7.91. The summed E-state index contributed by atoms with van der Waals surface area (Å²) in [5.74, 6) is 0.793. The number of aliphatic imine (C=N–C) groups is 1. The quantitative estimate of drug-likeness (QED) is 0.412. The van der Waals surface area contributed by atoms with E-state index in [0.29, 0.717) is 12.6 Å². The molecular weight excluding hydrogens is 423 g/mol.